The highest BCUT2D eigenvalue weighted by Gasteiger charge is 2.67. The average molecular weight is 547 g/mol. The van der Waals surface area contributed by atoms with Gasteiger partial charge in [-0.05, 0) is 22.2 Å². The number of H-pyrrole nitrogens is 1. The van der Waals surface area contributed by atoms with Crippen LogP contribution >= 0.6 is 0 Å². The van der Waals surface area contributed by atoms with Gasteiger partial charge < -0.3 is 22.4 Å². The van der Waals surface area contributed by atoms with Crippen molar-refractivity contribution < 1.29 is 31.6 Å². The molecule has 0 radical (unpaired) electrons. The minimum absolute atomic E-state index is 0.0599. The zero-order valence-electron chi connectivity index (χ0n) is 22.5. The number of alkyl halides is 1. The highest BCUT2D eigenvalue weighted by molar-refractivity contribution is 6.84. The molecule has 1 aromatic rings. The molecule has 36 heavy (non-hydrogen) atoms. The number of carbonyl (C=O) groups is 1. The van der Waals surface area contributed by atoms with Crippen LogP contribution in [-0.4, -0.2) is 57.6 Å². The molecule has 10 nitrogen and oxygen atoms in total. The van der Waals surface area contributed by atoms with Crippen molar-refractivity contribution in [1.82, 2.24) is 9.55 Å². The fourth-order valence-electron chi connectivity index (χ4n) is 5.32. The smallest absolute Gasteiger partial charge is 0.338 e. The molecule has 3 heterocycles. The molecule has 1 N–H and O–H groups in total. The molecule has 0 amide bonds. The molecule has 0 saturated carbocycles. The van der Waals surface area contributed by atoms with Crippen LogP contribution in [0.2, 0.25) is 22.2 Å². The van der Waals surface area contributed by atoms with Crippen LogP contribution in [0.25, 0.3) is 0 Å². The topological polar surface area (TPSA) is 118 Å². The van der Waals surface area contributed by atoms with E-state index in [9.17, 15) is 14.4 Å². The normalized spacial score (nSPS) is 29.9. The van der Waals surface area contributed by atoms with Crippen LogP contribution in [0, 0.1) is 0 Å². The Morgan fingerprint density at radius 2 is 1.64 bits per heavy atom. The number of halogens is 1. The van der Waals surface area contributed by atoms with Crippen molar-refractivity contribution in [2.24, 2.45) is 0 Å². The zero-order chi connectivity index (χ0) is 27.2. The number of esters is 1. The van der Waals surface area contributed by atoms with Crippen molar-refractivity contribution in [3.63, 3.8) is 0 Å². The van der Waals surface area contributed by atoms with Crippen LogP contribution in [0.5, 0.6) is 0 Å². The van der Waals surface area contributed by atoms with E-state index in [2.05, 4.69) is 27.7 Å². The number of rotatable bonds is 6. The van der Waals surface area contributed by atoms with Crippen LogP contribution in [0.1, 0.15) is 62.3 Å². The Balaban J connectivity index is 2.23. The Morgan fingerprint density at radius 1 is 1.08 bits per heavy atom. The van der Waals surface area contributed by atoms with Gasteiger partial charge >= 0.3 is 34.8 Å². The number of fused-ring (bicyclic) bond motifs is 1. The molecule has 0 spiro atoms. The number of hydrogen-bond donors (Lipinski definition) is 1. The molecule has 2 fully saturated rings. The molecule has 0 bridgehead atoms. The molecule has 204 valence electrons. The maximum atomic E-state index is 16.8. The Hall–Kier alpha value is -1.65. The number of aromatic amines is 1. The Bertz CT molecular complexity index is 1060. The van der Waals surface area contributed by atoms with Crippen LogP contribution in [0.3, 0.4) is 0 Å². The van der Waals surface area contributed by atoms with E-state index in [-0.39, 0.29) is 28.8 Å². The summed E-state index contributed by atoms with van der Waals surface area (Å²) in [6.07, 6.45) is -2.78. The van der Waals surface area contributed by atoms with Crippen molar-refractivity contribution in [2.75, 3.05) is 6.61 Å². The molecule has 13 heteroatoms. The highest BCUT2D eigenvalue weighted by Crippen LogP contribution is 2.50. The van der Waals surface area contributed by atoms with Gasteiger partial charge in [0.05, 0.1) is 6.61 Å². The molecule has 2 aliphatic rings. The summed E-state index contributed by atoms with van der Waals surface area (Å²) in [5, 5.41) is 0. The Labute approximate surface area is 212 Å². The second kappa shape index (κ2) is 10.3. The third kappa shape index (κ3) is 4.81. The molecule has 2 aliphatic heterocycles. The summed E-state index contributed by atoms with van der Waals surface area (Å²) < 4.78 is 49.2. The average Bonchev–Trinajstić information content (AvgIpc) is 2.98. The highest BCUT2D eigenvalue weighted by atomic mass is 28.5. The summed E-state index contributed by atoms with van der Waals surface area (Å²) >= 11 is 0. The summed E-state index contributed by atoms with van der Waals surface area (Å²) in [7, 11) is -6.12. The number of hydrogen-bond acceptors (Lipinski definition) is 8. The Kier molecular flexibility index (Phi) is 8.24. The van der Waals surface area contributed by atoms with Crippen molar-refractivity contribution in [1.29, 1.82) is 0 Å². The van der Waals surface area contributed by atoms with Crippen LogP contribution < -0.4 is 11.2 Å². The molecule has 0 unspecified atom stereocenters. The van der Waals surface area contributed by atoms with E-state index in [4.69, 9.17) is 22.4 Å². The lowest BCUT2D eigenvalue weighted by molar-refractivity contribution is -0.246. The SMILES string of the molecule is CC(=O)O[C@@H]1[C@@H]2O[Si](C(C)C)(C(C)C)O[Si](C(C)C)(C(C)C)OC[C@H]2O[C@@]1(F)n1ccc(=O)[nH]c1=O. The molecule has 4 atom stereocenters. The molecule has 0 aliphatic carbocycles. The van der Waals surface area contributed by atoms with Crippen LogP contribution in [-0.2, 0) is 33.2 Å². The first-order valence-electron chi connectivity index (χ1n) is 12.5. The quantitative estimate of drug-likeness (QED) is 0.426. The van der Waals surface area contributed by atoms with Gasteiger partial charge in [-0.2, -0.15) is 4.39 Å². The lowest BCUT2D eigenvalue weighted by Gasteiger charge is -2.51. The molecule has 0 aromatic carbocycles. The summed E-state index contributed by atoms with van der Waals surface area (Å²) in [5.74, 6) is -3.71. The van der Waals surface area contributed by atoms with Gasteiger partial charge in [-0.15, -0.1) is 0 Å². The fourth-order valence-corrected chi connectivity index (χ4v) is 16.5. The predicted molar refractivity (Wildman–Crippen MR) is 135 cm³/mol. The number of nitrogens with one attached hydrogen (secondary N) is 1. The van der Waals surface area contributed by atoms with Crippen LogP contribution in [0.15, 0.2) is 21.9 Å². The summed E-state index contributed by atoms with van der Waals surface area (Å²) in [6.45, 7) is 17.3. The standard InChI is InChI=1S/C23H39FN2O8Si2/c1-13(2)35(14(3)4)30-12-18-20(33-36(34-35,15(5)6)16(7)8)21(31-17(9)27)23(24,32-18)26-11-10-19(28)25-22(26)29/h10-11,13-16,18,20-21H,12H2,1-9H3,(H,25,28,29)/t18-,20-,21-,23+/m1/s1. The van der Waals surface area contributed by atoms with Crippen molar-refractivity contribution >= 4 is 23.1 Å². The summed E-state index contributed by atoms with van der Waals surface area (Å²) in [5.41, 5.74) is -1.75. The van der Waals surface area contributed by atoms with Crippen molar-refractivity contribution in [2.45, 2.75) is 109 Å². The van der Waals surface area contributed by atoms with E-state index < -0.39 is 58.6 Å². The minimum Gasteiger partial charge on any atom is -0.451 e. The first-order valence-corrected chi connectivity index (χ1v) is 16.4. The van der Waals surface area contributed by atoms with Gasteiger partial charge in [0.1, 0.15) is 12.2 Å². The van der Waals surface area contributed by atoms with Gasteiger partial charge in [0.25, 0.3) is 5.56 Å². The van der Waals surface area contributed by atoms with Gasteiger partial charge in [0.2, 0.25) is 6.10 Å². The fraction of sp³-hybridized carbons (Fsp3) is 0.783. The van der Waals surface area contributed by atoms with Gasteiger partial charge in [0.15, 0.2) is 0 Å². The molecule has 2 saturated heterocycles. The van der Waals surface area contributed by atoms with Gasteiger partial charge in [-0.25, -0.2) is 9.36 Å². The van der Waals surface area contributed by atoms with E-state index >= 15 is 4.39 Å². The van der Waals surface area contributed by atoms with Crippen molar-refractivity contribution in [3.05, 3.63) is 33.1 Å². The minimum atomic E-state index is -3.19. The van der Waals surface area contributed by atoms with Gasteiger partial charge in [0, 0.05) is 19.2 Å². The first kappa shape index (κ1) is 28.9. The zero-order valence-corrected chi connectivity index (χ0v) is 24.5. The molecule has 1 aromatic heterocycles. The van der Waals surface area contributed by atoms with E-state index in [1.807, 2.05) is 32.7 Å². The maximum absolute atomic E-state index is 16.8. The number of ether oxygens (including phenoxy) is 2. The molecule has 3 rings (SSSR count). The van der Waals surface area contributed by atoms with Gasteiger partial charge in [-0.1, -0.05) is 55.4 Å². The molecular formula is C23H39FN2O8Si2. The van der Waals surface area contributed by atoms with Crippen LogP contribution in [0.4, 0.5) is 4.39 Å². The van der Waals surface area contributed by atoms with E-state index in [0.717, 1.165) is 19.2 Å². The maximum Gasteiger partial charge on any atom is 0.338 e. The van der Waals surface area contributed by atoms with E-state index in [0.29, 0.717) is 4.57 Å². The lowest BCUT2D eigenvalue weighted by atomic mass is 10.1. The monoisotopic (exact) mass is 546 g/mol. The second-order valence-corrected chi connectivity index (χ2v) is 19.7. The largest absolute Gasteiger partial charge is 0.451 e. The van der Waals surface area contributed by atoms with Gasteiger partial charge in [-0.3, -0.25) is 14.6 Å². The second-order valence-electron chi connectivity index (χ2n) is 10.8. The lowest BCUT2D eigenvalue weighted by Crippen LogP contribution is -2.66. The number of carbonyl (C=O) groups excluding carboxylic acids is 1. The first-order chi connectivity index (χ1) is 16.6. The summed E-state index contributed by atoms with van der Waals surface area (Å²) in [4.78, 5) is 38.4. The van der Waals surface area contributed by atoms with Crippen molar-refractivity contribution in [3.8, 4) is 0 Å². The number of nitrogens with zero attached hydrogens (tertiary/aromatic N) is 1. The predicted octanol–water partition coefficient (Wildman–Crippen LogP) is 3.40. The molecular weight excluding hydrogens is 507 g/mol. The van der Waals surface area contributed by atoms with E-state index in [1.165, 1.54) is 0 Å². The van der Waals surface area contributed by atoms with E-state index in [1.54, 1.807) is 0 Å². The Morgan fingerprint density at radius 3 is 2.11 bits per heavy atom. The summed E-state index contributed by atoms with van der Waals surface area (Å²) in [6, 6.07) is 0.995. The third-order valence-electron chi connectivity index (χ3n) is 7.11. The third-order valence-corrected chi connectivity index (χ3v) is 17.4. The number of aromatic nitrogens is 2.